The molecule has 0 aromatic carbocycles. The second-order valence-electron chi connectivity index (χ2n) is 2.26. The maximum atomic E-state index is 3.38. The fourth-order valence-corrected chi connectivity index (χ4v) is 0.535. The molecule has 0 aliphatic carbocycles. The van der Waals surface area contributed by atoms with Gasteiger partial charge in [0.25, 0.3) is 0 Å². The average molecular weight is 175 g/mol. The molecule has 0 rings (SSSR count). The predicted molar refractivity (Wildman–Crippen MR) is 60.7 cm³/mol. The van der Waals surface area contributed by atoms with Gasteiger partial charge in [0.15, 0.2) is 0 Å². The van der Waals surface area contributed by atoms with Gasteiger partial charge in [0, 0.05) is 6.04 Å². The molecule has 0 bridgehead atoms. The van der Waals surface area contributed by atoms with Crippen molar-refractivity contribution in [2.75, 3.05) is 6.54 Å². The molecule has 1 nitrogen and oxygen atoms in total. The Morgan fingerprint density at radius 1 is 1.00 bits per heavy atom. The number of hydrogen-bond donors (Lipinski definition) is 1. The minimum absolute atomic E-state index is 0.704. The van der Waals surface area contributed by atoms with Crippen molar-refractivity contribution in [2.24, 2.45) is 0 Å². The first kappa shape index (κ1) is 17.9. The van der Waals surface area contributed by atoms with Crippen molar-refractivity contribution >= 4 is 0 Å². The summed E-state index contributed by atoms with van der Waals surface area (Å²) >= 11 is 0. The average Bonchev–Trinajstić information content (AvgIpc) is 2.20. The molecule has 1 atom stereocenters. The summed E-state index contributed by atoms with van der Waals surface area (Å²) in [4.78, 5) is 0. The van der Waals surface area contributed by atoms with Gasteiger partial charge in [-0.3, -0.25) is 0 Å². The van der Waals surface area contributed by atoms with Gasteiger partial charge >= 0.3 is 0 Å². The lowest BCUT2D eigenvalue weighted by atomic mass is 10.2. The Balaban J connectivity index is -0.000000175. The Morgan fingerprint density at radius 2 is 1.42 bits per heavy atom. The van der Waals surface area contributed by atoms with Crippen molar-refractivity contribution in [3.8, 4) is 0 Å². The van der Waals surface area contributed by atoms with Gasteiger partial charge in [-0.15, -0.1) is 0 Å². The lowest BCUT2D eigenvalue weighted by Crippen LogP contribution is -2.25. The molecule has 1 N–H and O–H groups in total. The molecule has 0 aromatic rings. The molecule has 78 valence electrons. The summed E-state index contributed by atoms with van der Waals surface area (Å²) in [6, 6.07) is 0.704. The van der Waals surface area contributed by atoms with Gasteiger partial charge < -0.3 is 5.32 Å². The molecule has 0 radical (unpaired) electrons. The zero-order valence-electron chi connectivity index (χ0n) is 10.2. The Bertz CT molecular complexity index is 44.3. The monoisotopic (exact) mass is 175 g/mol. The first-order valence-electron chi connectivity index (χ1n) is 5.54. The van der Waals surface area contributed by atoms with E-state index in [2.05, 4.69) is 26.1 Å². The van der Waals surface area contributed by atoms with Crippen LogP contribution in [-0.4, -0.2) is 12.6 Å². The zero-order valence-corrected chi connectivity index (χ0v) is 10.2. The molecular weight excluding hydrogens is 146 g/mol. The summed E-state index contributed by atoms with van der Waals surface area (Å²) < 4.78 is 0. The Hall–Kier alpha value is -0.0400. The van der Waals surface area contributed by atoms with E-state index >= 15 is 0 Å². The lowest BCUT2D eigenvalue weighted by Gasteiger charge is -2.08. The van der Waals surface area contributed by atoms with E-state index in [0.29, 0.717) is 6.04 Å². The van der Waals surface area contributed by atoms with E-state index in [1.165, 1.54) is 12.8 Å². The molecule has 0 amide bonds. The normalized spacial score (nSPS) is 10.2. The molecule has 0 aromatic heterocycles. The van der Waals surface area contributed by atoms with Crippen LogP contribution < -0.4 is 5.32 Å². The van der Waals surface area contributed by atoms with Crippen LogP contribution in [0.3, 0.4) is 0 Å². The van der Waals surface area contributed by atoms with Crippen LogP contribution in [0.2, 0.25) is 0 Å². The van der Waals surface area contributed by atoms with Gasteiger partial charge in [0.05, 0.1) is 0 Å². The standard InChI is InChI=1S/C7H17N.2C2H6/c1-4-6-8-7(3)5-2;2*1-2/h7-8H,4-6H2,1-3H3;2*1-2H3. The SMILES string of the molecule is CC.CC.CCCNC(C)CC. The maximum Gasteiger partial charge on any atom is 0.00360 e. The highest BCUT2D eigenvalue weighted by Gasteiger charge is 1.92. The van der Waals surface area contributed by atoms with Gasteiger partial charge in [0.1, 0.15) is 0 Å². The van der Waals surface area contributed by atoms with Gasteiger partial charge in [-0.25, -0.2) is 0 Å². The van der Waals surface area contributed by atoms with Gasteiger partial charge in [-0.2, -0.15) is 0 Å². The van der Waals surface area contributed by atoms with Crippen LogP contribution in [-0.2, 0) is 0 Å². The van der Waals surface area contributed by atoms with Crippen molar-refractivity contribution in [3.05, 3.63) is 0 Å². The second-order valence-corrected chi connectivity index (χ2v) is 2.26. The third-order valence-corrected chi connectivity index (χ3v) is 1.36. The first-order valence-corrected chi connectivity index (χ1v) is 5.54. The second kappa shape index (κ2) is 22.4. The van der Waals surface area contributed by atoms with Crippen molar-refractivity contribution < 1.29 is 0 Å². The zero-order chi connectivity index (χ0) is 10.4. The summed E-state index contributed by atoms with van der Waals surface area (Å²) in [7, 11) is 0. The molecule has 0 heterocycles. The van der Waals surface area contributed by atoms with E-state index in [4.69, 9.17) is 0 Å². The number of rotatable bonds is 4. The Labute approximate surface area is 80.0 Å². The van der Waals surface area contributed by atoms with E-state index in [1.54, 1.807) is 0 Å². The van der Waals surface area contributed by atoms with Crippen molar-refractivity contribution in [1.82, 2.24) is 5.32 Å². The third-order valence-electron chi connectivity index (χ3n) is 1.36. The summed E-state index contributed by atoms with van der Waals surface area (Å²) in [5.74, 6) is 0. The number of hydrogen-bond acceptors (Lipinski definition) is 1. The first-order chi connectivity index (χ1) is 5.81. The van der Waals surface area contributed by atoms with Gasteiger partial charge in [-0.1, -0.05) is 41.5 Å². The highest BCUT2D eigenvalue weighted by atomic mass is 14.9. The lowest BCUT2D eigenvalue weighted by molar-refractivity contribution is 0.533. The number of nitrogens with one attached hydrogen (secondary N) is 1. The molecule has 0 aliphatic heterocycles. The van der Waals surface area contributed by atoms with E-state index in [1.807, 2.05) is 27.7 Å². The van der Waals surface area contributed by atoms with Crippen LogP contribution in [0.15, 0.2) is 0 Å². The van der Waals surface area contributed by atoms with Crippen LogP contribution in [0.1, 0.15) is 61.3 Å². The third kappa shape index (κ3) is 22.5. The molecule has 1 heteroatoms. The van der Waals surface area contributed by atoms with E-state index in [-0.39, 0.29) is 0 Å². The smallest absolute Gasteiger partial charge is 0.00360 e. The minimum Gasteiger partial charge on any atom is -0.314 e. The predicted octanol–water partition coefficient (Wildman–Crippen LogP) is 3.84. The molecular formula is C11H29N. The molecule has 1 unspecified atom stereocenters. The molecule has 12 heavy (non-hydrogen) atoms. The van der Waals surface area contributed by atoms with Crippen molar-refractivity contribution in [1.29, 1.82) is 0 Å². The van der Waals surface area contributed by atoms with E-state index in [9.17, 15) is 0 Å². The molecule has 0 fully saturated rings. The molecule has 0 saturated carbocycles. The Morgan fingerprint density at radius 3 is 1.67 bits per heavy atom. The summed E-state index contributed by atoms with van der Waals surface area (Å²) in [5.41, 5.74) is 0. The maximum absolute atomic E-state index is 3.38. The fraction of sp³-hybridized carbons (Fsp3) is 1.00. The molecule has 0 saturated heterocycles. The largest absolute Gasteiger partial charge is 0.314 e. The van der Waals surface area contributed by atoms with Crippen LogP contribution >= 0.6 is 0 Å². The van der Waals surface area contributed by atoms with Crippen molar-refractivity contribution in [2.45, 2.75) is 67.3 Å². The molecule has 0 spiro atoms. The summed E-state index contributed by atoms with van der Waals surface area (Å²) in [6.45, 7) is 15.8. The quantitative estimate of drug-likeness (QED) is 0.684. The highest BCUT2D eigenvalue weighted by molar-refractivity contribution is 4.54. The van der Waals surface area contributed by atoms with Crippen LogP contribution in [0.25, 0.3) is 0 Å². The topological polar surface area (TPSA) is 12.0 Å². The van der Waals surface area contributed by atoms with E-state index in [0.717, 1.165) is 6.54 Å². The van der Waals surface area contributed by atoms with Gasteiger partial charge in [-0.05, 0) is 26.3 Å². The van der Waals surface area contributed by atoms with Gasteiger partial charge in [0.2, 0.25) is 0 Å². The van der Waals surface area contributed by atoms with Crippen LogP contribution in [0.5, 0.6) is 0 Å². The van der Waals surface area contributed by atoms with Crippen LogP contribution in [0, 0.1) is 0 Å². The summed E-state index contributed by atoms with van der Waals surface area (Å²) in [6.07, 6.45) is 2.48. The Kier molecular flexibility index (Phi) is 33.5. The highest BCUT2D eigenvalue weighted by Crippen LogP contribution is 1.86. The summed E-state index contributed by atoms with van der Waals surface area (Å²) in [5, 5.41) is 3.38. The molecule has 0 aliphatic rings. The van der Waals surface area contributed by atoms with Crippen molar-refractivity contribution in [3.63, 3.8) is 0 Å². The fourth-order valence-electron chi connectivity index (χ4n) is 0.535. The van der Waals surface area contributed by atoms with E-state index < -0.39 is 0 Å². The minimum atomic E-state index is 0.704. The van der Waals surface area contributed by atoms with Crippen LogP contribution in [0.4, 0.5) is 0 Å².